The number of anilines is 2. The number of benzene rings is 2. The van der Waals surface area contributed by atoms with Crippen LogP contribution in [0.15, 0.2) is 83.4 Å². The minimum Gasteiger partial charge on any atom is -0.459 e. The van der Waals surface area contributed by atoms with Crippen LogP contribution in [0.1, 0.15) is 43.8 Å². The Morgan fingerprint density at radius 3 is 2.41 bits per heavy atom. The third kappa shape index (κ3) is 5.25. The fourth-order valence-corrected chi connectivity index (χ4v) is 6.73. The summed E-state index contributed by atoms with van der Waals surface area (Å²) in [4.78, 5) is 9.14. The Bertz CT molecular complexity index is 1470. The lowest BCUT2D eigenvalue weighted by atomic mass is 9.91. The molecule has 2 fully saturated rings. The SMILES string of the molecule is C[C@@H]1C[C@H](C)CN(c2ccc(N3C(=S)N[C@H](c4ccccn4)[C@H]3c3ccc(-c4ccc(Cl)cc4)o3)cc2Cl)C1. The molecule has 0 unspecified atom stereocenters. The van der Waals surface area contributed by atoms with Crippen molar-refractivity contribution in [2.45, 2.75) is 32.4 Å². The fourth-order valence-electron chi connectivity index (χ4n) is 5.96. The summed E-state index contributed by atoms with van der Waals surface area (Å²) in [6.45, 7) is 6.64. The first-order chi connectivity index (χ1) is 18.9. The molecule has 200 valence electrons. The first-order valence-electron chi connectivity index (χ1n) is 13.3. The average Bonchev–Trinajstić information content (AvgIpc) is 3.53. The van der Waals surface area contributed by atoms with Gasteiger partial charge in [0.1, 0.15) is 17.6 Å². The van der Waals surface area contributed by atoms with Gasteiger partial charge in [-0.15, -0.1) is 0 Å². The molecule has 0 bridgehead atoms. The van der Waals surface area contributed by atoms with E-state index in [1.54, 1.807) is 6.20 Å². The van der Waals surface area contributed by atoms with Gasteiger partial charge >= 0.3 is 0 Å². The van der Waals surface area contributed by atoms with Crippen molar-refractivity contribution in [1.82, 2.24) is 10.3 Å². The lowest BCUT2D eigenvalue weighted by molar-refractivity contribution is 0.357. The van der Waals surface area contributed by atoms with E-state index in [0.717, 1.165) is 52.3 Å². The molecule has 0 aliphatic carbocycles. The molecular weight excluding hydrogens is 547 g/mol. The van der Waals surface area contributed by atoms with E-state index < -0.39 is 0 Å². The van der Waals surface area contributed by atoms with Gasteiger partial charge in [0.25, 0.3) is 0 Å². The number of halogens is 2. The molecule has 8 heteroatoms. The Balaban J connectivity index is 1.38. The van der Waals surface area contributed by atoms with Crippen LogP contribution in [-0.4, -0.2) is 23.2 Å². The first-order valence-corrected chi connectivity index (χ1v) is 14.4. The number of pyridine rings is 1. The predicted molar refractivity (Wildman–Crippen MR) is 164 cm³/mol. The standard InChI is InChI=1S/C31H30Cl2N4OS/c1-19-15-20(2)18-36(17-19)26-11-10-23(16-24(26)33)37-30(29(35-31(37)39)25-5-3-4-14-34-25)28-13-12-27(38-28)21-6-8-22(32)9-7-21/h3-14,16,19-20,29-30H,15,17-18H2,1-2H3,(H,35,39)/t19-,20+,29-,30-/m1/s1. The van der Waals surface area contributed by atoms with Crippen LogP contribution < -0.4 is 15.1 Å². The zero-order chi connectivity index (χ0) is 27.1. The van der Waals surface area contributed by atoms with Crippen molar-refractivity contribution in [2.75, 3.05) is 22.9 Å². The smallest absolute Gasteiger partial charge is 0.174 e. The Kier molecular flexibility index (Phi) is 7.27. The van der Waals surface area contributed by atoms with Crippen LogP contribution in [-0.2, 0) is 0 Å². The van der Waals surface area contributed by atoms with Gasteiger partial charge in [0.15, 0.2) is 5.11 Å². The predicted octanol–water partition coefficient (Wildman–Crippen LogP) is 8.31. The maximum atomic E-state index is 6.95. The number of rotatable bonds is 5. The lowest BCUT2D eigenvalue weighted by Crippen LogP contribution is -2.38. The van der Waals surface area contributed by atoms with Crippen molar-refractivity contribution in [2.24, 2.45) is 11.8 Å². The Labute approximate surface area is 244 Å². The number of aromatic nitrogens is 1. The van der Waals surface area contributed by atoms with Crippen molar-refractivity contribution < 1.29 is 4.42 Å². The average molecular weight is 578 g/mol. The molecule has 0 saturated carbocycles. The van der Waals surface area contributed by atoms with E-state index in [1.165, 1.54) is 6.42 Å². The monoisotopic (exact) mass is 576 g/mol. The summed E-state index contributed by atoms with van der Waals surface area (Å²) >= 11 is 19.0. The largest absolute Gasteiger partial charge is 0.459 e. The quantitative estimate of drug-likeness (QED) is 0.241. The van der Waals surface area contributed by atoms with E-state index >= 15 is 0 Å². The van der Waals surface area contributed by atoms with Gasteiger partial charge in [0.2, 0.25) is 0 Å². The highest BCUT2D eigenvalue weighted by molar-refractivity contribution is 7.80. The summed E-state index contributed by atoms with van der Waals surface area (Å²) in [6.07, 6.45) is 3.05. The second kappa shape index (κ2) is 10.8. The van der Waals surface area contributed by atoms with Crippen LogP contribution in [0.2, 0.25) is 10.0 Å². The topological polar surface area (TPSA) is 44.5 Å². The highest BCUT2D eigenvalue weighted by Gasteiger charge is 2.43. The number of furan rings is 1. The number of nitrogens with zero attached hydrogens (tertiary/aromatic N) is 3. The fraction of sp³-hybridized carbons (Fsp3) is 0.290. The molecule has 5 nitrogen and oxygen atoms in total. The van der Waals surface area contributed by atoms with Crippen molar-refractivity contribution in [3.63, 3.8) is 0 Å². The minimum atomic E-state index is -0.259. The van der Waals surface area contributed by atoms with Crippen LogP contribution >= 0.6 is 35.4 Å². The molecule has 2 saturated heterocycles. The minimum absolute atomic E-state index is 0.204. The van der Waals surface area contributed by atoms with Crippen LogP contribution in [0, 0.1) is 11.8 Å². The summed E-state index contributed by atoms with van der Waals surface area (Å²) in [5.41, 5.74) is 3.82. The molecule has 2 aromatic carbocycles. The molecule has 2 aromatic heterocycles. The molecule has 2 aliphatic rings. The first kappa shape index (κ1) is 26.2. The van der Waals surface area contributed by atoms with Gasteiger partial charge in [-0.3, -0.25) is 4.98 Å². The molecule has 1 N–H and O–H groups in total. The molecule has 0 radical (unpaired) electrons. The molecule has 4 atom stereocenters. The summed E-state index contributed by atoms with van der Waals surface area (Å²) in [5, 5.41) is 5.50. The van der Waals surface area contributed by atoms with Gasteiger partial charge in [0, 0.05) is 35.6 Å². The molecule has 4 aromatic rings. The zero-order valence-electron chi connectivity index (χ0n) is 21.9. The molecule has 39 heavy (non-hydrogen) atoms. The second-order valence-electron chi connectivity index (χ2n) is 10.7. The van der Waals surface area contributed by atoms with Crippen molar-refractivity contribution >= 4 is 51.9 Å². The van der Waals surface area contributed by atoms with E-state index in [4.69, 9.17) is 39.8 Å². The molecular formula is C31H30Cl2N4OS. The Morgan fingerprint density at radius 2 is 1.72 bits per heavy atom. The molecule has 2 aliphatic heterocycles. The lowest BCUT2D eigenvalue weighted by Gasteiger charge is -2.37. The maximum Gasteiger partial charge on any atom is 0.174 e. The van der Waals surface area contributed by atoms with Crippen molar-refractivity contribution in [3.8, 4) is 11.3 Å². The number of thiocarbonyl (C=S) groups is 1. The van der Waals surface area contributed by atoms with Gasteiger partial charge < -0.3 is 19.5 Å². The van der Waals surface area contributed by atoms with E-state index in [1.807, 2.05) is 60.7 Å². The van der Waals surface area contributed by atoms with Crippen LogP contribution in [0.25, 0.3) is 11.3 Å². The normalized spacial score (nSPS) is 23.2. The third-order valence-corrected chi connectivity index (χ3v) is 8.43. The number of piperidine rings is 1. The van der Waals surface area contributed by atoms with E-state index in [2.05, 4.69) is 46.1 Å². The van der Waals surface area contributed by atoms with E-state index in [0.29, 0.717) is 22.0 Å². The molecule has 6 rings (SSSR count). The number of hydrogen-bond acceptors (Lipinski definition) is 4. The van der Waals surface area contributed by atoms with Gasteiger partial charge in [-0.25, -0.2) is 0 Å². The summed E-state index contributed by atoms with van der Waals surface area (Å²) in [7, 11) is 0. The summed E-state index contributed by atoms with van der Waals surface area (Å²) < 4.78 is 6.46. The van der Waals surface area contributed by atoms with Crippen molar-refractivity contribution in [1.29, 1.82) is 0 Å². The molecule has 0 amide bonds. The number of nitrogens with one attached hydrogen (secondary N) is 1. The molecule has 4 heterocycles. The van der Waals surface area contributed by atoms with Crippen LogP contribution in [0.4, 0.5) is 11.4 Å². The highest BCUT2D eigenvalue weighted by Crippen LogP contribution is 2.44. The highest BCUT2D eigenvalue weighted by atomic mass is 35.5. The van der Waals surface area contributed by atoms with Crippen LogP contribution in [0.5, 0.6) is 0 Å². The van der Waals surface area contributed by atoms with Gasteiger partial charge in [-0.05, 0) is 97.2 Å². The zero-order valence-corrected chi connectivity index (χ0v) is 24.2. The Hall–Kier alpha value is -3.06. The second-order valence-corrected chi connectivity index (χ2v) is 11.9. The van der Waals surface area contributed by atoms with Gasteiger partial charge in [-0.2, -0.15) is 0 Å². The summed E-state index contributed by atoms with van der Waals surface area (Å²) in [5.74, 6) is 2.82. The van der Waals surface area contributed by atoms with Crippen LogP contribution in [0.3, 0.4) is 0 Å². The third-order valence-electron chi connectivity index (χ3n) is 7.56. The van der Waals surface area contributed by atoms with E-state index in [-0.39, 0.29) is 12.1 Å². The molecule has 0 spiro atoms. The Morgan fingerprint density at radius 1 is 0.949 bits per heavy atom. The number of hydrogen-bond donors (Lipinski definition) is 1. The van der Waals surface area contributed by atoms with Gasteiger partial charge in [0.05, 0.1) is 22.4 Å². The van der Waals surface area contributed by atoms with Crippen molar-refractivity contribution in [3.05, 3.63) is 100 Å². The summed E-state index contributed by atoms with van der Waals surface area (Å²) in [6, 6.07) is 23.3. The maximum absolute atomic E-state index is 6.95. The van der Waals surface area contributed by atoms with Gasteiger partial charge in [-0.1, -0.05) is 43.1 Å². The van der Waals surface area contributed by atoms with E-state index in [9.17, 15) is 0 Å².